The lowest BCUT2D eigenvalue weighted by molar-refractivity contribution is -0.250. The van der Waals surface area contributed by atoms with Crippen LogP contribution < -0.4 is 4.90 Å². The summed E-state index contributed by atoms with van der Waals surface area (Å²) in [6.07, 6.45) is -4.01. The molecule has 30 heavy (non-hydrogen) atoms. The molecule has 2 aromatic carbocycles. The van der Waals surface area contributed by atoms with Gasteiger partial charge >= 0.3 is 12.3 Å². The minimum absolute atomic E-state index is 0.0719. The van der Waals surface area contributed by atoms with Gasteiger partial charge in [0.15, 0.2) is 0 Å². The van der Waals surface area contributed by atoms with E-state index in [1.54, 1.807) is 12.1 Å². The third-order valence-corrected chi connectivity index (χ3v) is 6.46. The first kappa shape index (κ1) is 23.0. The van der Waals surface area contributed by atoms with Crippen molar-refractivity contribution in [2.45, 2.75) is 44.4 Å². The zero-order chi connectivity index (χ0) is 22.3. The van der Waals surface area contributed by atoms with Gasteiger partial charge in [-0.05, 0) is 42.2 Å². The van der Waals surface area contributed by atoms with Gasteiger partial charge in [0.2, 0.25) is 0 Å². The first-order valence-corrected chi connectivity index (χ1v) is 10.5. The highest BCUT2D eigenvalue weighted by atomic mass is 35.5. The van der Waals surface area contributed by atoms with Gasteiger partial charge in [0.25, 0.3) is 5.60 Å². The van der Waals surface area contributed by atoms with E-state index < -0.39 is 30.0 Å². The van der Waals surface area contributed by atoms with Crippen molar-refractivity contribution >= 4 is 46.6 Å². The van der Waals surface area contributed by atoms with E-state index in [1.807, 2.05) is 12.1 Å². The molecule has 3 nitrogen and oxygen atoms in total. The molecule has 1 amide bonds. The molecule has 0 aromatic heterocycles. The zero-order valence-electron chi connectivity index (χ0n) is 16.2. The number of rotatable bonds is 5. The normalized spacial score (nSPS) is 20.4. The third-order valence-electron chi connectivity index (χ3n) is 5.27. The minimum Gasteiger partial charge on any atom is -0.426 e. The summed E-state index contributed by atoms with van der Waals surface area (Å²) in [6, 6.07) is 8.91. The Labute approximate surface area is 187 Å². The lowest BCUT2D eigenvalue weighted by Crippen LogP contribution is -2.46. The van der Waals surface area contributed by atoms with Gasteiger partial charge in [-0.25, -0.2) is 4.79 Å². The number of alkyl halides is 3. The van der Waals surface area contributed by atoms with E-state index in [9.17, 15) is 18.0 Å². The van der Waals surface area contributed by atoms with Gasteiger partial charge in [-0.15, -0.1) is 0 Å². The molecule has 1 heterocycles. The average Bonchev–Trinajstić information content (AvgIpc) is 3.04. The molecule has 0 spiro atoms. The molecular formula is C21H19Cl3F3NO2. The SMILES string of the molecule is CCCC(C)c1ccc(N2CC(c3cc(Cl)c(Cl)c(Cl)c3)(C(F)(F)F)OC2=O)cc1. The summed E-state index contributed by atoms with van der Waals surface area (Å²) < 4.78 is 47.4. The van der Waals surface area contributed by atoms with Crippen LogP contribution in [0.1, 0.15) is 43.7 Å². The maximum absolute atomic E-state index is 14.2. The highest BCUT2D eigenvalue weighted by Gasteiger charge is 2.65. The number of hydrogen-bond donors (Lipinski definition) is 0. The second-order valence-electron chi connectivity index (χ2n) is 7.31. The number of nitrogens with zero attached hydrogens (tertiary/aromatic N) is 1. The molecule has 2 unspecified atom stereocenters. The highest BCUT2D eigenvalue weighted by Crippen LogP contribution is 2.49. The summed E-state index contributed by atoms with van der Waals surface area (Å²) in [5.41, 5.74) is -1.95. The van der Waals surface area contributed by atoms with Crippen LogP contribution in [0, 0.1) is 0 Å². The molecule has 0 aliphatic carbocycles. The molecule has 0 bridgehead atoms. The number of cyclic esters (lactones) is 1. The predicted octanol–water partition coefficient (Wildman–Crippen LogP) is 7.96. The maximum atomic E-state index is 14.2. The molecule has 3 rings (SSSR count). The fraction of sp³-hybridized carbons (Fsp3) is 0.381. The summed E-state index contributed by atoms with van der Waals surface area (Å²) in [5, 5.41) is -0.393. The fourth-order valence-electron chi connectivity index (χ4n) is 3.55. The first-order valence-electron chi connectivity index (χ1n) is 9.32. The monoisotopic (exact) mass is 479 g/mol. The van der Waals surface area contributed by atoms with Crippen LogP contribution in [0.15, 0.2) is 36.4 Å². The summed E-state index contributed by atoms with van der Waals surface area (Å²) in [4.78, 5) is 13.4. The van der Waals surface area contributed by atoms with Crippen LogP contribution in [0.25, 0.3) is 0 Å². The summed E-state index contributed by atoms with van der Waals surface area (Å²) in [5.74, 6) is 0.308. The van der Waals surface area contributed by atoms with Crippen LogP contribution >= 0.6 is 34.8 Å². The number of amides is 1. The largest absolute Gasteiger partial charge is 0.434 e. The lowest BCUT2D eigenvalue weighted by atomic mass is 9.92. The number of carbonyl (C=O) groups is 1. The standard InChI is InChI=1S/C21H19Cl3F3NO2/c1-3-4-12(2)13-5-7-15(8-6-13)28-11-20(21(25,26)27,30-19(28)29)14-9-16(22)18(24)17(23)10-14/h5-10,12H,3-4,11H2,1-2H3. The Morgan fingerprint density at radius 2 is 1.70 bits per heavy atom. The van der Waals surface area contributed by atoms with Crippen molar-refractivity contribution in [2.24, 2.45) is 0 Å². The Balaban J connectivity index is 1.99. The predicted molar refractivity (Wildman–Crippen MR) is 113 cm³/mol. The second kappa shape index (κ2) is 8.48. The number of benzene rings is 2. The van der Waals surface area contributed by atoms with Crippen LogP contribution in [-0.2, 0) is 10.3 Å². The third kappa shape index (κ3) is 4.10. The number of anilines is 1. The van der Waals surface area contributed by atoms with Gasteiger partial charge in [-0.2, -0.15) is 13.2 Å². The number of halogens is 6. The molecular weight excluding hydrogens is 462 g/mol. The van der Waals surface area contributed by atoms with Gasteiger partial charge in [-0.3, -0.25) is 4.90 Å². The zero-order valence-corrected chi connectivity index (χ0v) is 18.5. The van der Waals surface area contributed by atoms with E-state index in [2.05, 4.69) is 13.8 Å². The number of carbonyl (C=O) groups excluding carboxylic acids is 1. The molecule has 0 radical (unpaired) electrons. The lowest BCUT2D eigenvalue weighted by Gasteiger charge is -2.30. The van der Waals surface area contributed by atoms with Crippen LogP contribution in [0.3, 0.4) is 0 Å². The summed E-state index contributed by atoms with van der Waals surface area (Å²) >= 11 is 17.7. The van der Waals surface area contributed by atoms with E-state index in [0.717, 1.165) is 35.4 Å². The molecule has 1 fully saturated rings. The Morgan fingerprint density at radius 1 is 1.13 bits per heavy atom. The Hall–Kier alpha value is -1.63. The molecule has 1 saturated heterocycles. The Morgan fingerprint density at radius 3 is 2.20 bits per heavy atom. The van der Waals surface area contributed by atoms with Crippen molar-refractivity contribution in [1.82, 2.24) is 0 Å². The molecule has 1 aliphatic rings. The van der Waals surface area contributed by atoms with E-state index in [1.165, 1.54) is 0 Å². The molecule has 162 valence electrons. The maximum Gasteiger partial charge on any atom is 0.434 e. The molecule has 2 aromatic rings. The van der Waals surface area contributed by atoms with E-state index in [-0.39, 0.29) is 15.1 Å². The number of ether oxygens (including phenoxy) is 1. The van der Waals surface area contributed by atoms with Gasteiger partial charge in [0.05, 0.1) is 21.6 Å². The smallest absolute Gasteiger partial charge is 0.426 e. The van der Waals surface area contributed by atoms with E-state index >= 15 is 0 Å². The highest BCUT2D eigenvalue weighted by molar-refractivity contribution is 6.48. The first-order chi connectivity index (χ1) is 14.0. The van der Waals surface area contributed by atoms with Crippen LogP contribution in [0.4, 0.5) is 23.7 Å². The quantitative estimate of drug-likeness (QED) is 0.406. The molecule has 9 heteroatoms. The van der Waals surface area contributed by atoms with Crippen molar-refractivity contribution in [2.75, 3.05) is 11.4 Å². The molecule has 0 saturated carbocycles. The molecule has 1 aliphatic heterocycles. The van der Waals surface area contributed by atoms with Crippen LogP contribution in [0.2, 0.25) is 15.1 Å². The Kier molecular flexibility index (Phi) is 6.51. The van der Waals surface area contributed by atoms with Crippen LogP contribution in [0.5, 0.6) is 0 Å². The molecule has 0 N–H and O–H groups in total. The van der Waals surface area contributed by atoms with Gasteiger partial charge in [0.1, 0.15) is 0 Å². The summed E-state index contributed by atoms with van der Waals surface area (Å²) in [7, 11) is 0. The Bertz CT molecular complexity index is 926. The topological polar surface area (TPSA) is 29.5 Å². The van der Waals surface area contributed by atoms with Crippen molar-refractivity contribution in [3.05, 3.63) is 62.6 Å². The van der Waals surface area contributed by atoms with Crippen molar-refractivity contribution in [3.8, 4) is 0 Å². The van der Waals surface area contributed by atoms with Crippen LogP contribution in [-0.4, -0.2) is 18.8 Å². The van der Waals surface area contributed by atoms with E-state index in [0.29, 0.717) is 11.6 Å². The number of hydrogen-bond acceptors (Lipinski definition) is 2. The second-order valence-corrected chi connectivity index (χ2v) is 8.51. The molecule has 2 atom stereocenters. The van der Waals surface area contributed by atoms with Gasteiger partial charge in [-0.1, -0.05) is 67.2 Å². The van der Waals surface area contributed by atoms with Crippen molar-refractivity contribution < 1.29 is 22.7 Å². The van der Waals surface area contributed by atoms with Crippen molar-refractivity contribution in [3.63, 3.8) is 0 Å². The van der Waals surface area contributed by atoms with E-state index in [4.69, 9.17) is 39.5 Å². The minimum atomic E-state index is -4.91. The van der Waals surface area contributed by atoms with Gasteiger partial charge in [0, 0.05) is 11.3 Å². The van der Waals surface area contributed by atoms with Gasteiger partial charge < -0.3 is 4.74 Å². The summed E-state index contributed by atoms with van der Waals surface area (Å²) in [6.45, 7) is 3.38. The fourth-order valence-corrected chi connectivity index (χ4v) is 4.15. The average molecular weight is 481 g/mol. The van der Waals surface area contributed by atoms with Crippen molar-refractivity contribution in [1.29, 1.82) is 0 Å².